The lowest BCUT2D eigenvalue weighted by atomic mass is 10.2. The summed E-state index contributed by atoms with van der Waals surface area (Å²) in [5.41, 5.74) is 2.19. The van der Waals surface area contributed by atoms with Crippen LogP contribution in [0.1, 0.15) is 11.5 Å². The smallest absolute Gasteiger partial charge is 0.250 e. The van der Waals surface area contributed by atoms with Gasteiger partial charge in [0.25, 0.3) is 5.91 Å². The molecule has 1 aromatic carbocycles. The Morgan fingerprint density at radius 3 is 3.00 bits per heavy atom. The van der Waals surface area contributed by atoms with E-state index in [-0.39, 0.29) is 19.0 Å². The maximum atomic E-state index is 12.4. The van der Waals surface area contributed by atoms with Gasteiger partial charge in [0.2, 0.25) is 0 Å². The number of carbonyl (C=O) groups excluding carboxylic acids is 1. The molecule has 5 nitrogen and oxygen atoms in total. The number of furan rings is 1. The molecule has 0 saturated heterocycles. The zero-order valence-electron chi connectivity index (χ0n) is 13.4. The van der Waals surface area contributed by atoms with E-state index in [2.05, 4.69) is 11.7 Å². The second kappa shape index (κ2) is 6.70. The largest absolute Gasteiger partial charge is 0.461 e. The maximum Gasteiger partial charge on any atom is 0.250 e. The molecule has 0 N–H and O–H groups in total. The van der Waals surface area contributed by atoms with Gasteiger partial charge in [0, 0.05) is 17.3 Å². The van der Waals surface area contributed by atoms with E-state index in [4.69, 9.17) is 4.42 Å². The van der Waals surface area contributed by atoms with Crippen molar-refractivity contribution in [3.05, 3.63) is 60.6 Å². The van der Waals surface area contributed by atoms with Crippen molar-refractivity contribution < 1.29 is 13.6 Å². The van der Waals surface area contributed by atoms with E-state index in [1.54, 1.807) is 17.2 Å². The first-order valence-corrected chi connectivity index (χ1v) is 7.63. The molecule has 24 heavy (non-hydrogen) atoms. The predicted molar refractivity (Wildman–Crippen MR) is 90.5 cm³/mol. The van der Waals surface area contributed by atoms with E-state index in [0.29, 0.717) is 5.69 Å². The Morgan fingerprint density at radius 2 is 2.25 bits per heavy atom. The normalized spacial score (nSPS) is 10.9. The molecule has 0 aliphatic rings. The average Bonchev–Trinajstić information content (AvgIpc) is 3.16. The highest BCUT2D eigenvalue weighted by Crippen LogP contribution is 2.26. The van der Waals surface area contributed by atoms with E-state index in [1.165, 1.54) is 10.8 Å². The fourth-order valence-electron chi connectivity index (χ4n) is 2.60. The van der Waals surface area contributed by atoms with Crippen LogP contribution in [0.2, 0.25) is 0 Å². The van der Waals surface area contributed by atoms with Gasteiger partial charge < -0.3 is 9.32 Å². The van der Waals surface area contributed by atoms with E-state index < -0.39 is 6.67 Å². The minimum absolute atomic E-state index is 0.204. The van der Waals surface area contributed by atoms with Crippen LogP contribution >= 0.6 is 0 Å². The number of amides is 1. The fourth-order valence-corrected chi connectivity index (χ4v) is 2.60. The summed E-state index contributed by atoms with van der Waals surface area (Å²) in [7, 11) is 0. The lowest BCUT2D eigenvalue weighted by Crippen LogP contribution is -2.28. The highest BCUT2D eigenvalue weighted by Gasteiger charge is 2.16. The molecule has 0 unspecified atom stereocenters. The molecule has 0 atom stereocenters. The second-order valence-corrected chi connectivity index (χ2v) is 5.47. The molecule has 0 aliphatic heterocycles. The minimum atomic E-state index is -0.479. The molecule has 0 spiro atoms. The van der Waals surface area contributed by atoms with Crippen LogP contribution in [-0.4, -0.2) is 22.4 Å². The lowest BCUT2D eigenvalue weighted by molar-refractivity contribution is -0.114. The number of nitrogens with zero attached hydrogens (tertiary/aromatic N) is 3. The lowest BCUT2D eigenvalue weighted by Gasteiger charge is -2.20. The van der Waals surface area contributed by atoms with Gasteiger partial charge in [-0.3, -0.25) is 9.48 Å². The number of hydrogen-bond donors (Lipinski definition) is 0. The van der Waals surface area contributed by atoms with Crippen molar-refractivity contribution in [1.82, 2.24) is 9.78 Å². The van der Waals surface area contributed by atoms with Crippen molar-refractivity contribution in [2.24, 2.45) is 0 Å². The summed E-state index contributed by atoms with van der Waals surface area (Å²) in [6.07, 6.45) is 2.97. The molecule has 124 valence electrons. The van der Waals surface area contributed by atoms with Crippen molar-refractivity contribution in [2.75, 3.05) is 11.6 Å². The number of rotatable bonds is 6. The summed E-state index contributed by atoms with van der Waals surface area (Å²) in [5.74, 6) is 0.586. The number of hydrogen-bond acceptors (Lipinski definition) is 3. The van der Waals surface area contributed by atoms with E-state index in [0.717, 1.165) is 22.4 Å². The summed E-state index contributed by atoms with van der Waals surface area (Å²) < 4.78 is 19.5. The molecular weight excluding hydrogens is 309 g/mol. The molecule has 0 fully saturated rings. The van der Waals surface area contributed by atoms with Gasteiger partial charge in [-0.2, -0.15) is 5.10 Å². The van der Waals surface area contributed by atoms with Gasteiger partial charge in [-0.05, 0) is 43.3 Å². The van der Waals surface area contributed by atoms with Crippen molar-refractivity contribution in [3.63, 3.8) is 0 Å². The molecule has 0 saturated carbocycles. The molecule has 2 aromatic heterocycles. The number of alkyl halides is 1. The van der Waals surface area contributed by atoms with Crippen molar-refractivity contribution in [1.29, 1.82) is 0 Å². The first-order valence-electron chi connectivity index (χ1n) is 7.63. The highest BCUT2D eigenvalue weighted by atomic mass is 19.1. The maximum absolute atomic E-state index is 12.4. The number of carbonyl (C=O) groups is 1. The van der Waals surface area contributed by atoms with Crippen molar-refractivity contribution >= 4 is 22.6 Å². The van der Waals surface area contributed by atoms with Gasteiger partial charge in [0.1, 0.15) is 18.0 Å². The SMILES string of the molecule is C=CC(=O)N(Cc1ccn(CCF)n1)c1ccc2oc(C)cc2c1. The Hall–Kier alpha value is -2.89. The second-order valence-electron chi connectivity index (χ2n) is 5.47. The average molecular weight is 327 g/mol. The summed E-state index contributed by atoms with van der Waals surface area (Å²) >= 11 is 0. The number of benzene rings is 1. The minimum Gasteiger partial charge on any atom is -0.461 e. The quantitative estimate of drug-likeness (QED) is 0.650. The number of anilines is 1. The third-order valence-corrected chi connectivity index (χ3v) is 3.71. The van der Waals surface area contributed by atoms with Crippen LogP contribution in [0.4, 0.5) is 10.1 Å². The molecule has 0 aliphatic carbocycles. The Bertz CT molecular complexity index is 881. The fraction of sp³-hybridized carbons (Fsp3) is 0.222. The molecule has 6 heteroatoms. The first-order chi connectivity index (χ1) is 11.6. The standard InChI is InChI=1S/C18H18FN3O2/c1-3-18(23)22(12-15-6-8-21(20-15)9-7-19)16-4-5-17-14(11-16)10-13(2)24-17/h3-6,8,10-11H,1,7,9,12H2,2H3. The van der Waals surface area contributed by atoms with Crippen LogP contribution in [0.3, 0.4) is 0 Å². The van der Waals surface area contributed by atoms with Gasteiger partial charge in [-0.15, -0.1) is 0 Å². The van der Waals surface area contributed by atoms with Gasteiger partial charge in [-0.25, -0.2) is 4.39 Å². The van der Waals surface area contributed by atoms with E-state index in [9.17, 15) is 9.18 Å². The Labute approximate surface area is 139 Å². The van der Waals surface area contributed by atoms with Crippen molar-refractivity contribution in [2.45, 2.75) is 20.0 Å². The summed E-state index contributed by atoms with van der Waals surface area (Å²) in [6.45, 7) is 5.45. The van der Waals surface area contributed by atoms with E-state index >= 15 is 0 Å². The number of aryl methyl sites for hydroxylation is 2. The molecule has 0 radical (unpaired) electrons. The summed E-state index contributed by atoms with van der Waals surface area (Å²) in [6, 6.07) is 9.25. The van der Waals surface area contributed by atoms with Gasteiger partial charge in [0.05, 0.1) is 18.8 Å². The van der Waals surface area contributed by atoms with Crippen molar-refractivity contribution in [3.8, 4) is 0 Å². The Kier molecular flexibility index (Phi) is 4.46. The number of fused-ring (bicyclic) bond motifs is 1. The van der Waals surface area contributed by atoms with Crippen LogP contribution in [0.5, 0.6) is 0 Å². The molecule has 3 rings (SSSR count). The van der Waals surface area contributed by atoms with Crippen LogP contribution < -0.4 is 4.90 Å². The molecule has 2 heterocycles. The molecule has 3 aromatic rings. The molecule has 0 bridgehead atoms. The predicted octanol–water partition coefficient (Wildman–Crippen LogP) is 3.63. The van der Waals surface area contributed by atoms with Gasteiger partial charge in [-0.1, -0.05) is 6.58 Å². The van der Waals surface area contributed by atoms with Crippen LogP contribution in [0, 0.1) is 6.92 Å². The highest BCUT2D eigenvalue weighted by molar-refractivity contribution is 6.02. The Morgan fingerprint density at radius 1 is 1.42 bits per heavy atom. The van der Waals surface area contributed by atoms with Crippen LogP contribution in [0.25, 0.3) is 11.0 Å². The zero-order chi connectivity index (χ0) is 17.1. The van der Waals surface area contributed by atoms with Gasteiger partial charge in [0.15, 0.2) is 0 Å². The summed E-state index contributed by atoms with van der Waals surface area (Å²) in [5, 5.41) is 5.20. The van der Waals surface area contributed by atoms with E-state index in [1.807, 2.05) is 31.2 Å². The first kappa shape index (κ1) is 16.0. The monoisotopic (exact) mass is 327 g/mol. The topological polar surface area (TPSA) is 51.3 Å². The molecular formula is C18H18FN3O2. The third-order valence-electron chi connectivity index (χ3n) is 3.71. The number of halogens is 1. The van der Waals surface area contributed by atoms with Crippen LogP contribution in [-0.2, 0) is 17.9 Å². The zero-order valence-corrected chi connectivity index (χ0v) is 13.4. The van der Waals surface area contributed by atoms with Crippen LogP contribution in [0.15, 0.2) is 53.6 Å². The third kappa shape index (κ3) is 3.22. The molecule has 1 amide bonds. The van der Waals surface area contributed by atoms with Gasteiger partial charge >= 0.3 is 0 Å². The summed E-state index contributed by atoms with van der Waals surface area (Å²) in [4.78, 5) is 13.9. The number of aromatic nitrogens is 2. The Balaban J connectivity index is 1.91.